The molecule has 0 saturated heterocycles. The van der Waals surface area contributed by atoms with Crippen LogP contribution in [0.5, 0.6) is 0 Å². The fourth-order valence-electron chi connectivity index (χ4n) is 2.20. The quantitative estimate of drug-likeness (QED) is 0.793. The van der Waals surface area contributed by atoms with Gasteiger partial charge in [0.25, 0.3) is 0 Å². The van der Waals surface area contributed by atoms with Crippen LogP contribution in [0, 0.1) is 11.3 Å². The van der Waals surface area contributed by atoms with Crippen molar-refractivity contribution in [2.45, 2.75) is 13.1 Å². The van der Waals surface area contributed by atoms with Gasteiger partial charge in [-0.15, -0.1) is 0 Å². The van der Waals surface area contributed by atoms with Crippen LogP contribution in [0.2, 0.25) is 0 Å². The van der Waals surface area contributed by atoms with Crippen LogP contribution in [0.1, 0.15) is 0 Å². The van der Waals surface area contributed by atoms with Gasteiger partial charge < -0.3 is 9.88 Å². The molecule has 3 aromatic rings. The Bertz CT molecular complexity index is 824. The summed E-state index contributed by atoms with van der Waals surface area (Å²) in [7, 11) is 0. The minimum Gasteiger partial charge on any atom is -0.338 e. The summed E-state index contributed by atoms with van der Waals surface area (Å²) in [6.07, 6.45) is 3.54. The fraction of sp³-hybridized carbons (Fsp3) is 0.133. The number of fused-ring (bicyclic) bond motifs is 1. The lowest BCUT2D eigenvalue weighted by molar-refractivity contribution is -0.116. The molecule has 6 nitrogen and oxygen atoms in total. The maximum absolute atomic E-state index is 12.0. The number of carbonyl (C=O) groups is 1. The molecule has 104 valence electrons. The smallest absolute Gasteiger partial charge is 0.245 e. The highest BCUT2D eigenvalue weighted by atomic mass is 16.2. The monoisotopic (exact) mass is 279 g/mol. The van der Waals surface area contributed by atoms with Crippen LogP contribution in [-0.4, -0.2) is 20.3 Å². The summed E-state index contributed by atoms with van der Waals surface area (Å²) in [4.78, 5) is 12.0. The molecule has 0 radical (unpaired) electrons. The van der Waals surface area contributed by atoms with Gasteiger partial charge in [-0.2, -0.15) is 10.4 Å². The minimum absolute atomic E-state index is 0.154. The highest BCUT2D eigenvalue weighted by Crippen LogP contribution is 2.15. The summed E-state index contributed by atoms with van der Waals surface area (Å²) in [6, 6.07) is 13.5. The SMILES string of the molecule is N#CCn1ccc(NC(=O)Cn2ccc3ccccc32)n1. The lowest BCUT2D eigenvalue weighted by Gasteiger charge is -2.05. The van der Waals surface area contributed by atoms with Crippen LogP contribution >= 0.6 is 0 Å². The zero-order valence-electron chi connectivity index (χ0n) is 11.2. The predicted molar refractivity (Wildman–Crippen MR) is 78.4 cm³/mol. The van der Waals surface area contributed by atoms with Crippen LogP contribution in [0.25, 0.3) is 10.9 Å². The molecule has 1 amide bonds. The van der Waals surface area contributed by atoms with Gasteiger partial charge in [0.15, 0.2) is 5.82 Å². The lowest BCUT2D eigenvalue weighted by Crippen LogP contribution is -2.18. The molecule has 0 atom stereocenters. The average molecular weight is 279 g/mol. The Balaban J connectivity index is 1.70. The molecule has 1 aromatic carbocycles. The number of rotatable bonds is 4. The molecule has 0 aliphatic rings. The number of nitrogens with zero attached hydrogens (tertiary/aromatic N) is 4. The van der Waals surface area contributed by atoms with Gasteiger partial charge in [-0.25, -0.2) is 0 Å². The second-order valence-electron chi connectivity index (χ2n) is 4.61. The molecule has 0 spiro atoms. The number of anilines is 1. The first kappa shape index (κ1) is 12.9. The van der Waals surface area contributed by atoms with Gasteiger partial charge in [0.1, 0.15) is 13.1 Å². The summed E-state index contributed by atoms with van der Waals surface area (Å²) >= 11 is 0. The maximum Gasteiger partial charge on any atom is 0.245 e. The zero-order valence-corrected chi connectivity index (χ0v) is 11.2. The highest BCUT2D eigenvalue weighted by molar-refractivity contribution is 5.91. The first-order valence-corrected chi connectivity index (χ1v) is 6.50. The molecule has 0 bridgehead atoms. The van der Waals surface area contributed by atoms with Gasteiger partial charge in [0.05, 0.1) is 6.07 Å². The van der Waals surface area contributed by atoms with Crippen molar-refractivity contribution in [3.8, 4) is 6.07 Å². The molecular formula is C15H13N5O. The van der Waals surface area contributed by atoms with Crippen molar-refractivity contribution in [2.75, 3.05) is 5.32 Å². The number of nitrogens with one attached hydrogen (secondary N) is 1. The van der Waals surface area contributed by atoms with Crippen LogP contribution in [0.4, 0.5) is 5.82 Å². The zero-order chi connectivity index (χ0) is 14.7. The van der Waals surface area contributed by atoms with Crippen LogP contribution in [0.15, 0.2) is 48.8 Å². The Morgan fingerprint density at radius 2 is 2.10 bits per heavy atom. The minimum atomic E-state index is -0.154. The summed E-state index contributed by atoms with van der Waals surface area (Å²) in [5, 5.41) is 16.5. The second kappa shape index (κ2) is 5.51. The molecule has 6 heteroatoms. The third-order valence-electron chi connectivity index (χ3n) is 3.14. The molecule has 0 fully saturated rings. The van der Waals surface area contributed by atoms with E-state index in [2.05, 4.69) is 10.4 Å². The van der Waals surface area contributed by atoms with Crippen molar-refractivity contribution in [1.82, 2.24) is 14.3 Å². The van der Waals surface area contributed by atoms with E-state index in [4.69, 9.17) is 5.26 Å². The van der Waals surface area contributed by atoms with E-state index in [1.54, 1.807) is 12.3 Å². The first-order chi connectivity index (χ1) is 10.3. The van der Waals surface area contributed by atoms with E-state index < -0.39 is 0 Å². The van der Waals surface area contributed by atoms with E-state index in [-0.39, 0.29) is 19.0 Å². The Kier molecular flexibility index (Phi) is 3.39. The van der Waals surface area contributed by atoms with E-state index in [1.807, 2.05) is 47.2 Å². The number of nitriles is 1. The van der Waals surface area contributed by atoms with Gasteiger partial charge in [0, 0.05) is 24.0 Å². The van der Waals surface area contributed by atoms with Gasteiger partial charge in [0.2, 0.25) is 5.91 Å². The Labute approximate surface area is 121 Å². The summed E-state index contributed by atoms with van der Waals surface area (Å²) in [6.45, 7) is 0.386. The first-order valence-electron chi connectivity index (χ1n) is 6.50. The Hall–Kier alpha value is -3.07. The molecular weight excluding hydrogens is 266 g/mol. The summed E-state index contributed by atoms with van der Waals surface area (Å²) in [5.41, 5.74) is 1.02. The van der Waals surface area contributed by atoms with Crippen molar-refractivity contribution >= 4 is 22.6 Å². The Morgan fingerprint density at radius 3 is 2.95 bits per heavy atom. The molecule has 0 aliphatic carbocycles. The number of hydrogen-bond donors (Lipinski definition) is 1. The van der Waals surface area contributed by atoms with E-state index in [9.17, 15) is 4.79 Å². The molecule has 21 heavy (non-hydrogen) atoms. The average Bonchev–Trinajstić information content (AvgIpc) is 3.07. The fourth-order valence-corrected chi connectivity index (χ4v) is 2.20. The third kappa shape index (κ3) is 2.77. The standard InChI is InChI=1S/C15H13N5O/c16-7-10-20-9-6-14(18-20)17-15(21)11-19-8-5-12-3-1-2-4-13(12)19/h1-6,8-9H,10-11H2,(H,17,18,21). The van der Waals surface area contributed by atoms with Gasteiger partial charge in [-0.3, -0.25) is 9.48 Å². The number of para-hydroxylation sites is 1. The number of aromatic nitrogens is 3. The number of benzene rings is 1. The predicted octanol–water partition coefficient (Wildman–Crippen LogP) is 2.00. The van der Waals surface area contributed by atoms with Crippen molar-refractivity contribution in [2.24, 2.45) is 0 Å². The van der Waals surface area contributed by atoms with Crippen molar-refractivity contribution < 1.29 is 4.79 Å². The van der Waals surface area contributed by atoms with E-state index >= 15 is 0 Å². The van der Waals surface area contributed by atoms with Crippen molar-refractivity contribution in [3.63, 3.8) is 0 Å². The summed E-state index contributed by atoms with van der Waals surface area (Å²) in [5.74, 6) is 0.297. The molecule has 2 aromatic heterocycles. The molecule has 0 unspecified atom stereocenters. The summed E-state index contributed by atoms with van der Waals surface area (Å²) < 4.78 is 3.36. The molecule has 3 rings (SSSR count). The molecule has 2 heterocycles. The van der Waals surface area contributed by atoms with E-state index in [0.717, 1.165) is 10.9 Å². The van der Waals surface area contributed by atoms with Gasteiger partial charge >= 0.3 is 0 Å². The van der Waals surface area contributed by atoms with Gasteiger partial charge in [-0.1, -0.05) is 18.2 Å². The van der Waals surface area contributed by atoms with E-state index in [0.29, 0.717) is 5.82 Å². The number of amides is 1. The van der Waals surface area contributed by atoms with Crippen molar-refractivity contribution in [3.05, 3.63) is 48.8 Å². The van der Waals surface area contributed by atoms with Crippen LogP contribution in [-0.2, 0) is 17.9 Å². The van der Waals surface area contributed by atoms with Gasteiger partial charge in [-0.05, 0) is 17.5 Å². The second-order valence-corrected chi connectivity index (χ2v) is 4.61. The third-order valence-corrected chi connectivity index (χ3v) is 3.14. The molecule has 1 N–H and O–H groups in total. The number of hydrogen-bond acceptors (Lipinski definition) is 3. The largest absolute Gasteiger partial charge is 0.338 e. The Morgan fingerprint density at radius 1 is 1.24 bits per heavy atom. The number of carbonyl (C=O) groups excluding carboxylic acids is 1. The normalized spacial score (nSPS) is 10.4. The van der Waals surface area contributed by atoms with E-state index in [1.165, 1.54) is 4.68 Å². The van der Waals surface area contributed by atoms with Crippen LogP contribution < -0.4 is 5.32 Å². The lowest BCUT2D eigenvalue weighted by atomic mass is 10.2. The molecule has 0 aliphatic heterocycles. The van der Waals surface area contributed by atoms with Crippen LogP contribution in [0.3, 0.4) is 0 Å². The topological polar surface area (TPSA) is 75.6 Å². The maximum atomic E-state index is 12.0. The highest BCUT2D eigenvalue weighted by Gasteiger charge is 2.08. The van der Waals surface area contributed by atoms with Crippen molar-refractivity contribution in [1.29, 1.82) is 5.26 Å². The molecule has 0 saturated carbocycles.